The van der Waals surface area contributed by atoms with Crippen molar-refractivity contribution in [2.75, 3.05) is 0 Å². The fourth-order valence-corrected chi connectivity index (χ4v) is 4.87. The van der Waals surface area contributed by atoms with Gasteiger partial charge in [-0.05, 0) is 45.8 Å². The number of benzene rings is 2. The summed E-state index contributed by atoms with van der Waals surface area (Å²) >= 11 is 0. The minimum absolute atomic E-state index is 0.230. The van der Waals surface area contributed by atoms with Gasteiger partial charge in [-0.15, -0.1) is 0 Å². The van der Waals surface area contributed by atoms with Gasteiger partial charge in [0, 0.05) is 13.1 Å². The van der Waals surface area contributed by atoms with Crippen molar-refractivity contribution in [2.24, 2.45) is 5.92 Å². The normalized spacial score (nSPS) is 14.7. The molecule has 2 heteroatoms. The first-order chi connectivity index (χ1) is 13.1. The Balaban J connectivity index is 2.14. The molecule has 1 atom stereocenters. The van der Waals surface area contributed by atoms with Crippen LogP contribution in [-0.4, -0.2) is 13.1 Å². The molecule has 140 valence electrons. The zero-order valence-corrected chi connectivity index (χ0v) is 18.4. The highest BCUT2D eigenvalue weighted by Gasteiger charge is 2.25. The molecule has 0 saturated carbocycles. The summed E-state index contributed by atoms with van der Waals surface area (Å²) in [5, 5.41) is 1.29. The Morgan fingerprint density at radius 2 is 1.44 bits per heavy atom. The first-order valence-electron chi connectivity index (χ1n) is 10.3. The van der Waals surface area contributed by atoms with Crippen LogP contribution < -0.4 is 5.19 Å². The number of nitrogens with zero attached hydrogens (tertiary/aromatic N) is 1. The molecule has 3 rings (SSSR count). The molecule has 0 aliphatic carbocycles. The van der Waals surface area contributed by atoms with E-state index in [0.717, 1.165) is 16.8 Å². The van der Waals surface area contributed by atoms with Gasteiger partial charge in [0.2, 0.25) is 0 Å². The second kappa shape index (κ2) is 7.81. The number of aromatic nitrogens is 1. The van der Waals surface area contributed by atoms with E-state index in [0.29, 0.717) is 0 Å². The van der Waals surface area contributed by atoms with Crippen molar-refractivity contribution in [1.29, 1.82) is 0 Å². The molecule has 0 N–H and O–H groups in total. The number of rotatable bonds is 5. The fraction of sp³-hybridized carbons (Fsp3) is 0.320. The highest BCUT2D eigenvalue weighted by atomic mass is 28.3. The van der Waals surface area contributed by atoms with Gasteiger partial charge in [0.05, 0.1) is 13.8 Å². The lowest BCUT2D eigenvalue weighted by atomic mass is 9.89. The van der Waals surface area contributed by atoms with Crippen LogP contribution in [0.2, 0.25) is 19.6 Å². The van der Waals surface area contributed by atoms with E-state index in [1.807, 2.05) is 19.2 Å². The number of pyridine rings is 1. The SMILES string of the molecule is [2H]C(C)(c1cc(-c2cccc(-c3ccccc3)c2)ncc1[Si](C)(C)C)C(C)C. The lowest BCUT2D eigenvalue weighted by Gasteiger charge is -2.26. The van der Waals surface area contributed by atoms with Gasteiger partial charge in [-0.3, -0.25) is 4.98 Å². The van der Waals surface area contributed by atoms with Crippen molar-refractivity contribution in [3.63, 3.8) is 0 Å². The lowest BCUT2D eigenvalue weighted by Crippen LogP contribution is -2.41. The molecule has 0 bridgehead atoms. The van der Waals surface area contributed by atoms with Crippen LogP contribution in [-0.2, 0) is 0 Å². The predicted molar refractivity (Wildman–Crippen MR) is 121 cm³/mol. The Kier molecular flexibility index (Phi) is 5.26. The standard InChI is InChI=1S/C25H31NSi/c1-18(2)19(3)23-16-24(26-17-25(23)27(4,5)6)22-14-10-13-21(15-22)20-11-8-7-9-12-20/h7-19H,1-6H3/i19D. The van der Waals surface area contributed by atoms with E-state index < -0.39 is 14.0 Å². The van der Waals surface area contributed by atoms with E-state index in [9.17, 15) is 0 Å². The van der Waals surface area contributed by atoms with Crippen LogP contribution in [0.5, 0.6) is 0 Å². The van der Waals surface area contributed by atoms with Crippen molar-refractivity contribution in [1.82, 2.24) is 4.98 Å². The maximum atomic E-state index is 9.07. The van der Waals surface area contributed by atoms with Gasteiger partial charge >= 0.3 is 0 Å². The largest absolute Gasteiger partial charge is 0.256 e. The van der Waals surface area contributed by atoms with Crippen LogP contribution in [0.25, 0.3) is 22.4 Å². The zero-order valence-electron chi connectivity index (χ0n) is 18.4. The molecule has 0 amide bonds. The highest BCUT2D eigenvalue weighted by Crippen LogP contribution is 2.29. The smallest absolute Gasteiger partial charge is 0.0799 e. The summed E-state index contributed by atoms with van der Waals surface area (Å²) in [4.78, 5) is 4.84. The Morgan fingerprint density at radius 3 is 2.07 bits per heavy atom. The van der Waals surface area contributed by atoms with Crippen molar-refractivity contribution >= 4 is 13.3 Å². The molecule has 0 fully saturated rings. The molecule has 1 aromatic heterocycles. The maximum Gasteiger partial charge on any atom is 0.0799 e. The third-order valence-electron chi connectivity index (χ3n) is 5.27. The monoisotopic (exact) mass is 374 g/mol. The lowest BCUT2D eigenvalue weighted by molar-refractivity contribution is 0.537. The molecule has 2 aromatic carbocycles. The Morgan fingerprint density at radius 1 is 0.815 bits per heavy atom. The second-order valence-corrected chi connectivity index (χ2v) is 13.7. The van der Waals surface area contributed by atoms with Crippen molar-refractivity contribution in [3.8, 4) is 22.4 Å². The van der Waals surface area contributed by atoms with Crippen LogP contribution in [0.3, 0.4) is 0 Å². The zero-order chi connectivity index (χ0) is 20.5. The number of hydrogen-bond donors (Lipinski definition) is 0. The van der Waals surface area contributed by atoms with Gasteiger partial charge in [-0.2, -0.15) is 0 Å². The van der Waals surface area contributed by atoms with Gasteiger partial charge in [0.1, 0.15) is 0 Å². The quantitative estimate of drug-likeness (QED) is 0.452. The third kappa shape index (κ3) is 4.39. The molecule has 0 aliphatic rings. The maximum absolute atomic E-state index is 9.07. The van der Waals surface area contributed by atoms with Gasteiger partial charge in [-0.1, -0.05) is 88.9 Å². The summed E-state index contributed by atoms with van der Waals surface area (Å²) in [5.41, 5.74) is 5.58. The molecule has 3 aromatic rings. The topological polar surface area (TPSA) is 12.9 Å². The molecule has 1 heterocycles. The highest BCUT2D eigenvalue weighted by molar-refractivity contribution is 6.89. The van der Waals surface area contributed by atoms with E-state index in [1.54, 1.807) is 0 Å². The van der Waals surface area contributed by atoms with Gasteiger partial charge in [-0.25, -0.2) is 0 Å². The molecular weight excluding hydrogens is 342 g/mol. The summed E-state index contributed by atoms with van der Waals surface area (Å²) in [6.07, 6.45) is 2.04. The number of hydrogen-bond acceptors (Lipinski definition) is 1. The predicted octanol–water partition coefficient (Wildman–Crippen LogP) is 6.72. The molecule has 0 saturated heterocycles. The van der Waals surface area contributed by atoms with Crippen molar-refractivity contribution in [2.45, 2.75) is 46.3 Å². The summed E-state index contributed by atoms with van der Waals surface area (Å²) in [6, 6.07) is 21.1. The first kappa shape index (κ1) is 18.2. The molecule has 0 aliphatic heterocycles. The summed E-state index contributed by atoms with van der Waals surface area (Å²) in [7, 11) is -1.60. The van der Waals surface area contributed by atoms with Crippen LogP contribution in [0.1, 0.15) is 33.6 Å². The van der Waals surface area contributed by atoms with Crippen LogP contribution in [0.15, 0.2) is 66.9 Å². The van der Waals surface area contributed by atoms with E-state index in [1.165, 1.54) is 16.3 Å². The average Bonchev–Trinajstić information content (AvgIpc) is 2.67. The van der Waals surface area contributed by atoms with Crippen molar-refractivity contribution in [3.05, 3.63) is 72.4 Å². The summed E-state index contributed by atoms with van der Waals surface area (Å²) in [5.74, 6) is -0.404. The molecule has 0 spiro atoms. The van der Waals surface area contributed by atoms with E-state index in [4.69, 9.17) is 6.35 Å². The first-order valence-corrected chi connectivity index (χ1v) is 13.3. The Hall–Kier alpha value is -2.19. The molecule has 1 unspecified atom stereocenters. The van der Waals surface area contributed by atoms with Gasteiger partial charge in [0.15, 0.2) is 0 Å². The molecule has 1 nitrogen and oxygen atoms in total. The molecule has 27 heavy (non-hydrogen) atoms. The van der Waals surface area contributed by atoms with Crippen LogP contribution in [0, 0.1) is 5.92 Å². The third-order valence-corrected chi connectivity index (χ3v) is 7.28. The average molecular weight is 375 g/mol. The van der Waals surface area contributed by atoms with Crippen molar-refractivity contribution < 1.29 is 1.37 Å². The molecular formula is C25H31NSi. The summed E-state index contributed by atoms with van der Waals surface area (Å²) < 4.78 is 9.07. The minimum atomic E-state index is -1.60. The van der Waals surface area contributed by atoms with Gasteiger partial charge < -0.3 is 0 Å². The van der Waals surface area contributed by atoms with Gasteiger partial charge in [0.25, 0.3) is 0 Å². The van der Waals surface area contributed by atoms with Crippen LogP contribution in [0.4, 0.5) is 0 Å². The van der Waals surface area contributed by atoms with E-state index in [2.05, 4.69) is 88.1 Å². The van der Waals surface area contributed by atoms with Crippen LogP contribution >= 0.6 is 0 Å². The second-order valence-electron chi connectivity index (χ2n) is 8.65. The molecule has 0 radical (unpaired) electrons. The van der Waals surface area contributed by atoms with E-state index >= 15 is 0 Å². The van der Waals surface area contributed by atoms with E-state index in [-0.39, 0.29) is 5.92 Å². The fourth-order valence-electron chi connectivity index (χ4n) is 3.34. The minimum Gasteiger partial charge on any atom is -0.256 e. The summed E-state index contributed by atoms with van der Waals surface area (Å²) in [6.45, 7) is 13.3. The Bertz CT molecular complexity index is 956. The Labute approximate surface area is 166 Å².